The quantitative estimate of drug-likeness (QED) is 0.847. The van der Waals surface area contributed by atoms with Gasteiger partial charge in [-0.2, -0.15) is 0 Å². The molecule has 2 heteroatoms. The molecule has 2 aliphatic rings. The van der Waals surface area contributed by atoms with Gasteiger partial charge in [-0.1, -0.05) is 41.4 Å². The third kappa shape index (κ3) is 2.75. The van der Waals surface area contributed by atoms with E-state index in [4.69, 9.17) is 0 Å². The largest absolute Gasteiger partial charge is 0.316 e. The number of fused-ring (bicyclic) bond motifs is 2. The fourth-order valence-electron chi connectivity index (χ4n) is 4.48. The van der Waals surface area contributed by atoms with Crippen molar-refractivity contribution in [2.75, 3.05) is 13.1 Å². The van der Waals surface area contributed by atoms with Crippen LogP contribution in [0.15, 0.2) is 28.7 Å². The van der Waals surface area contributed by atoms with E-state index >= 15 is 0 Å². The average molecular weight is 322 g/mol. The number of nitrogens with one attached hydrogen (secondary N) is 1. The molecule has 2 fully saturated rings. The van der Waals surface area contributed by atoms with Crippen LogP contribution in [-0.4, -0.2) is 13.1 Å². The van der Waals surface area contributed by atoms with Crippen LogP contribution in [0.5, 0.6) is 0 Å². The standard InChI is InChI=1S/C17H24BrN/c1-2-19-12-17(11-14-6-7-15(17)8-14)10-13-4-3-5-16(18)9-13/h3-5,9,14-15,19H,2,6-8,10-12H2,1H3. The van der Waals surface area contributed by atoms with Gasteiger partial charge in [-0.3, -0.25) is 0 Å². The van der Waals surface area contributed by atoms with Crippen LogP contribution in [0.4, 0.5) is 0 Å². The molecule has 3 rings (SSSR count). The van der Waals surface area contributed by atoms with Gasteiger partial charge in [-0.15, -0.1) is 0 Å². The van der Waals surface area contributed by atoms with Gasteiger partial charge in [0.2, 0.25) is 0 Å². The lowest BCUT2D eigenvalue weighted by molar-refractivity contribution is 0.157. The second-order valence-corrected chi connectivity index (χ2v) is 7.45. The van der Waals surface area contributed by atoms with Crippen LogP contribution in [0.25, 0.3) is 0 Å². The molecule has 0 radical (unpaired) electrons. The van der Waals surface area contributed by atoms with Crippen molar-refractivity contribution in [2.24, 2.45) is 17.3 Å². The number of hydrogen-bond acceptors (Lipinski definition) is 1. The van der Waals surface area contributed by atoms with Crippen molar-refractivity contribution < 1.29 is 0 Å². The van der Waals surface area contributed by atoms with Crippen molar-refractivity contribution in [3.05, 3.63) is 34.3 Å². The first-order valence-electron chi connectivity index (χ1n) is 7.67. The molecular weight excluding hydrogens is 298 g/mol. The Kier molecular flexibility index (Phi) is 4.00. The summed E-state index contributed by atoms with van der Waals surface area (Å²) in [7, 11) is 0. The average Bonchev–Trinajstić information content (AvgIpc) is 2.97. The number of halogens is 1. The highest BCUT2D eigenvalue weighted by Crippen LogP contribution is 2.57. The fraction of sp³-hybridized carbons (Fsp3) is 0.647. The Hall–Kier alpha value is -0.340. The SMILES string of the molecule is CCNCC1(Cc2cccc(Br)c2)CC2CCC1C2. The topological polar surface area (TPSA) is 12.0 Å². The molecule has 104 valence electrons. The molecule has 1 aromatic rings. The molecule has 0 aliphatic heterocycles. The molecule has 2 bridgehead atoms. The van der Waals surface area contributed by atoms with Crippen molar-refractivity contribution in [3.8, 4) is 0 Å². The van der Waals surface area contributed by atoms with E-state index in [1.54, 1.807) is 0 Å². The minimum Gasteiger partial charge on any atom is -0.316 e. The Balaban J connectivity index is 1.80. The zero-order valence-corrected chi connectivity index (χ0v) is 13.4. The van der Waals surface area contributed by atoms with Gasteiger partial charge in [-0.05, 0) is 67.2 Å². The molecule has 1 nitrogen and oxygen atoms in total. The first-order chi connectivity index (χ1) is 9.22. The molecule has 0 spiro atoms. The molecule has 1 N–H and O–H groups in total. The van der Waals surface area contributed by atoms with E-state index in [-0.39, 0.29) is 0 Å². The van der Waals surface area contributed by atoms with E-state index in [2.05, 4.69) is 52.4 Å². The van der Waals surface area contributed by atoms with E-state index in [1.807, 2.05) is 0 Å². The summed E-state index contributed by atoms with van der Waals surface area (Å²) in [6.45, 7) is 4.52. The second kappa shape index (κ2) is 5.57. The fourth-order valence-corrected chi connectivity index (χ4v) is 4.93. The third-order valence-electron chi connectivity index (χ3n) is 5.27. The molecule has 1 aromatic carbocycles. The first kappa shape index (κ1) is 13.6. The molecule has 3 unspecified atom stereocenters. The Labute approximate surface area is 125 Å². The second-order valence-electron chi connectivity index (χ2n) is 6.53. The Morgan fingerprint density at radius 1 is 1.37 bits per heavy atom. The predicted molar refractivity (Wildman–Crippen MR) is 84.3 cm³/mol. The maximum Gasteiger partial charge on any atom is 0.0177 e. The molecule has 0 amide bonds. The molecule has 0 aromatic heterocycles. The van der Waals surface area contributed by atoms with Crippen LogP contribution in [0.2, 0.25) is 0 Å². The smallest absolute Gasteiger partial charge is 0.0177 e. The summed E-state index contributed by atoms with van der Waals surface area (Å²) in [5, 5.41) is 3.64. The number of rotatable bonds is 5. The van der Waals surface area contributed by atoms with Gasteiger partial charge >= 0.3 is 0 Å². The first-order valence-corrected chi connectivity index (χ1v) is 8.46. The van der Waals surface area contributed by atoms with Crippen molar-refractivity contribution in [1.82, 2.24) is 5.32 Å². The number of benzene rings is 1. The van der Waals surface area contributed by atoms with Crippen LogP contribution in [0.3, 0.4) is 0 Å². The minimum absolute atomic E-state index is 0.528. The lowest BCUT2D eigenvalue weighted by Crippen LogP contribution is -2.40. The lowest BCUT2D eigenvalue weighted by Gasteiger charge is -2.38. The van der Waals surface area contributed by atoms with Crippen LogP contribution in [-0.2, 0) is 6.42 Å². The predicted octanol–water partition coefficient (Wildman–Crippen LogP) is 4.41. The highest BCUT2D eigenvalue weighted by Gasteiger charge is 2.50. The van der Waals surface area contributed by atoms with Crippen molar-refractivity contribution in [2.45, 2.75) is 39.0 Å². The maximum atomic E-state index is 3.64. The van der Waals surface area contributed by atoms with E-state index in [1.165, 1.54) is 48.7 Å². The molecule has 2 saturated carbocycles. The van der Waals surface area contributed by atoms with Gasteiger partial charge in [0, 0.05) is 11.0 Å². The van der Waals surface area contributed by atoms with Crippen LogP contribution in [0.1, 0.15) is 38.2 Å². The van der Waals surface area contributed by atoms with Crippen molar-refractivity contribution in [3.63, 3.8) is 0 Å². The summed E-state index contributed by atoms with van der Waals surface area (Å²) in [6, 6.07) is 8.90. The van der Waals surface area contributed by atoms with Gasteiger partial charge < -0.3 is 5.32 Å². The molecule has 19 heavy (non-hydrogen) atoms. The van der Waals surface area contributed by atoms with E-state index in [9.17, 15) is 0 Å². The van der Waals surface area contributed by atoms with Gasteiger partial charge in [0.25, 0.3) is 0 Å². The Morgan fingerprint density at radius 3 is 2.89 bits per heavy atom. The van der Waals surface area contributed by atoms with Crippen LogP contribution in [0, 0.1) is 17.3 Å². The highest BCUT2D eigenvalue weighted by molar-refractivity contribution is 9.10. The van der Waals surface area contributed by atoms with Gasteiger partial charge in [0.1, 0.15) is 0 Å². The van der Waals surface area contributed by atoms with E-state index in [0.29, 0.717) is 5.41 Å². The maximum absolute atomic E-state index is 3.64. The summed E-state index contributed by atoms with van der Waals surface area (Å²) in [5.74, 6) is 1.96. The Bertz CT molecular complexity index is 445. The van der Waals surface area contributed by atoms with Gasteiger partial charge in [0.15, 0.2) is 0 Å². The molecule has 0 heterocycles. The van der Waals surface area contributed by atoms with Gasteiger partial charge in [0.05, 0.1) is 0 Å². The van der Waals surface area contributed by atoms with Gasteiger partial charge in [-0.25, -0.2) is 0 Å². The van der Waals surface area contributed by atoms with Crippen LogP contribution >= 0.6 is 15.9 Å². The zero-order valence-electron chi connectivity index (χ0n) is 11.8. The summed E-state index contributed by atoms with van der Waals surface area (Å²) in [6.07, 6.45) is 7.12. The molecule has 2 aliphatic carbocycles. The summed E-state index contributed by atoms with van der Waals surface area (Å²) in [4.78, 5) is 0. The Morgan fingerprint density at radius 2 is 2.26 bits per heavy atom. The monoisotopic (exact) mass is 321 g/mol. The highest BCUT2D eigenvalue weighted by atomic mass is 79.9. The minimum atomic E-state index is 0.528. The summed E-state index contributed by atoms with van der Waals surface area (Å²) >= 11 is 3.61. The van der Waals surface area contributed by atoms with E-state index < -0.39 is 0 Å². The number of hydrogen-bond donors (Lipinski definition) is 1. The normalized spacial score (nSPS) is 32.9. The molecule has 3 atom stereocenters. The van der Waals surface area contributed by atoms with Crippen LogP contribution < -0.4 is 5.32 Å². The van der Waals surface area contributed by atoms with Crippen molar-refractivity contribution >= 4 is 15.9 Å². The zero-order chi connectivity index (χ0) is 13.3. The summed E-state index contributed by atoms with van der Waals surface area (Å²) in [5.41, 5.74) is 2.03. The molecule has 0 saturated heterocycles. The summed E-state index contributed by atoms with van der Waals surface area (Å²) < 4.78 is 1.21. The van der Waals surface area contributed by atoms with E-state index in [0.717, 1.165) is 18.4 Å². The van der Waals surface area contributed by atoms with Crippen molar-refractivity contribution in [1.29, 1.82) is 0 Å². The third-order valence-corrected chi connectivity index (χ3v) is 5.77. The lowest BCUT2D eigenvalue weighted by atomic mass is 9.69. The molecular formula is C17H24BrN.